The van der Waals surface area contributed by atoms with Gasteiger partial charge in [0.25, 0.3) is 0 Å². The van der Waals surface area contributed by atoms with Gasteiger partial charge < -0.3 is 4.74 Å². The van der Waals surface area contributed by atoms with Gasteiger partial charge in [-0.1, -0.05) is 74.6 Å². The first-order valence-electron chi connectivity index (χ1n) is 8.09. The lowest BCUT2D eigenvalue weighted by atomic mass is 9.94. The highest BCUT2D eigenvalue weighted by atomic mass is 16.5. The summed E-state index contributed by atoms with van der Waals surface area (Å²) in [5.41, 5.74) is 1.81. The Hall–Kier alpha value is -1.57. The number of methoxy groups -OCH3 is 1. The Morgan fingerprint density at radius 3 is 2.57 bits per heavy atom. The Balaban J connectivity index is 1.97. The van der Waals surface area contributed by atoms with Crippen LogP contribution in [0.3, 0.4) is 0 Å². The van der Waals surface area contributed by atoms with Gasteiger partial charge in [-0.3, -0.25) is 4.79 Å². The molecule has 0 aromatic heterocycles. The molecule has 21 heavy (non-hydrogen) atoms. The third-order valence-corrected chi connectivity index (χ3v) is 4.38. The van der Waals surface area contributed by atoms with E-state index in [0.717, 1.165) is 18.4 Å². The average Bonchev–Trinajstić information content (AvgIpc) is 3.26. The van der Waals surface area contributed by atoms with Crippen molar-refractivity contribution in [2.24, 2.45) is 0 Å². The zero-order valence-corrected chi connectivity index (χ0v) is 13.2. The quantitative estimate of drug-likeness (QED) is 0.390. The molecule has 0 spiro atoms. The van der Waals surface area contributed by atoms with Gasteiger partial charge in [-0.05, 0) is 24.8 Å². The average molecular weight is 286 g/mol. The minimum Gasteiger partial charge on any atom is -0.468 e. The summed E-state index contributed by atoms with van der Waals surface area (Å²) in [5.74, 6) is -0.120. The number of carbonyl (C=O) groups is 1. The summed E-state index contributed by atoms with van der Waals surface area (Å²) in [5, 5.41) is 0. The first-order valence-corrected chi connectivity index (χ1v) is 8.09. The normalized spacial score (nSPS) is 22.3. The molecule has 1 aliphatic rings. The highest BCUT2D eigenvalue weighted by molar-refractivity contribution is 5.93. The van der Waals surface area contributed by atoms with Crippen LogP contribution in [0, 0.1) is 0 Å². The molecular formula is C19H26O2. The molecule has 0 aliphatic heterocycles. The number of benzene rings is 1. The topological polar surface area (TPSA) is 26.3 Å². The standard InChI is InChI=1S/C19H26O2/c1-3-4-5-6-7-9-14-17-15-19(17,18(20)21-2)16-12-10-8-11-13-16/h8,10-14H,3-7,9,15H2,1-2H3/b17-14+. The molecule has 1 aliphatic carbocycles. The highest BCUT2D eigenvalue weighted by Crippen LogP contribution is 2.54. The van der Waals surface area contributed by atoms with Crippen LogP contribution in [0.2, 0.25) is 0 Å². The molecular weight excluding hydrogens is 260 g/mol. The van der Waals surface area contributed by atoms with E-state index in [-0.39, 0.29) is 5.97 Å². The Kier molecular flexibility index (Phi) is 5.60. The molecule has 0 bridgehead atoms. The van der Waals surface area contributed by atoms with Crippen molar-refractivity contribution < 1.29 is 9.53 Å². The van der Waals surface area contributed by atoms with E-state index in [9.17, 15) is 4.79 Å². The van der Waals surface area contributed by atoms with E-state index in [1.165, 1.54) is 44.8 Å². The third kappa shape index (κ3) is 3.55. The van der Waals surface area contributed by atoms with Crippen LogP contribution in [0.1, 0.15) is 57.4 Å². The molecule has 0 amide bonds. The van der Waals surface area contributed by atoms with E-state index >= 15 is 0 Å². The van der Waals surface area contributed by atoms with Crippen LogP contribution in [-0.2, 0) is 14.9 Å². The number of ether oxygens (including phenoxy) is 1. The summed E-state index contributed by atoms with van der Waals surface area (Å²) in [6.07, 6.45) is 10.6. The van der Waals surface area contributed by atoms with Crippen LogP contribution in [0.25, 0.3) is 0 Å². The van der Waals surface area contributed by atoms with E-state index in [1.807, 2.05) is 30.3 Å². The van der Waals surface area contributed by atoms with Crippen LogP contribution in [0.5, 0.6) is 0 Å². The van der Waals surface area contributed by atoms with Gasteiger partial charge in [0.05, 0.1) is 7.11 Å². The Bertz CT molecular complexity index is 490. The van der Waals surface area contributed by atoms with Crippen LogP contribution in [0.15, 0.2) is 42.0 Å². The first-order chi connectivity index (χ1) is 10.3. The zero-order valence-electron chi connectivity index (χ0n) is 13.2. The number of unbranched alkanes of at least 4 members (excludes halogenated alkanes) is 5. The van der Waals surface area contributed by atoms with Crippen molar-refractivity contribution in [2.75, 3.05) is 7.11 Å². The molecule has 2 nitrogen and oxygen atoms in total. The smallest absolute Gasteiger partial charge is 0.320 e. The van der Waals surface area contributed by atoms with Crippen LogP contribution in [0.4, 0.5) is 0 Å². The maximum Gasteiger partial charge on any atom is 0.320 e. The number of esters is 1. The SMILES string of the molecule is CCCCCCC/C=C1\CC1(C(=O)OC)c1ccccc1. The van der Waals surface area contributed by atoms with E-state index in [4.69, 9.17) is 4.74 Å². The van der Waals surface area contributed by atoms with Gasteiger partial charge in [0.2, 0.25) is 0 Å². The van der Waals surface area contributed by atoms with Gasteiger partial charge >= 0.3 is 5.97 Å². The molecule has 0 heterocycles. The predicted octanol–water partition coefficient (Wildman–Crippen LogP) is 4.79. The lowest BCUT2D eigenvalue weighted by Crippen LogP contribution is -2.22. The molecule has 2 rings (SSSR count). The fraction of sp³-hybridized carbons (Fsp3) is 0.526. The van der Waals surface area contributed by atoms with Gasteiger partial charge in [0.1, 0.15) is 5.41 Å². The van der Waals surface area contributed by atoms with E-state index < -0.39 is 5.41 Å². The second-order valence-electron chi connectivity index (χ2n) is 5.87. The van der Waals surface area contributed by atoms with Gasteiger partial charge in [-0.15, -0.1) is 0 Å². The summed E-state index contributed by atoms with van der Waals surface area (Å²) in [6.45, 7) is 2.23. The largest absolute Gasteiger partial charge is 0.468 e. The van der Waals surface area contributed by atoms with E-state index in [1.54, 1.807) is 0 Å². The van der Waals surface area contributed by atoms with Crippen LogP contribution >= 0.6 is 0 Å². The lowest BCUT2D eigenvalue weighted by Gasteiger charge is -2.12. The second-order valence-corrected chi connectivity index (χ2v) is 5.87. The Morgan fingerprint density at radius 1 is 1.19 bits per heavy atom. The van der Waals surface area contributed by atoms with Gasteiger partial charge in [-0.2, -0.15) is 0 Å². The molecule has 0 N–H and O–H groups in total. The molecule has 1 saturated carbocycles. The van der Waals surface area contributed by atoms with E-state index in [0.29, 0.717) is 0 Å². The molecule has 0 saturated heterocycles. The third-order valence-electron chi connectivity index (χ3n) is 4.38. The van der Waals surface area contributed by atoms with Crippen molar-refractivity contribution in [2.45, 2.75) is 57.3 Å². The summed E-state index contributed by atoms with van der Waals surface area (Å²) < 4.78 is 5.04. The Labute approximate surface area is 128 Å². The van der Waals surface area contributed by atoms with Crippen molar-refractivity contribution in [1.82, 2.24) is 0 Å². The molecule has 1 atom stereocenters. The van der Waals surface area contributed by atoms with Crippen molar-refractivity contribution in [3.63, 3.8) is 0 Å². The summed E-state index contributed by atoms with van der Waals surface area (Å²) in [4.78, 5) is 12.2. The number of rotatable bonds is 8. The van der Waals surface area contributed by atoms with Crippen LogP contribution in [-0.4, -0.2) is 13.1 Å². The molecule has 114 valence electrons. The highest BCUT2D eigenvalue weighted by Gasteiger charge is 2.57. The van der Waals surface area contributed by atoms with Crippen molar-refractivity contribution in [3.8, 4) is 0 Å². The van der Waals surface area contributed by atoms with Crippen LogP contribution < -0.4 is 0 Å². The minimum atomic E-state index is -0.487. The number of allylic oxidation sites excluding steroid dienone is 1. The number of hydrogen-bond acceptors (Lipinski definition) is 2. The molecule has 1 aromatic rings. The molecule has 1 fully saturated rings. The second kappa shape index (κ2) is 7.44. The maximum atomic E-state index is 12.2. The van der Waals surface area contributed by atoms with Gasteiger partial charge in [-0.25, -0.2) is 0 Å². The fourth-order valence-corrected chi connectivity index (χ4v) is 3.02. The summed E-state index contributed by atoms with van der Waals surface area (Å²) in [7, 11) is 1.48. The predicted molar refractivity (Wildman–Crippen MR) is 86.2 cm³/mol. The molecule has 0 radical (unpaired) electrons. The monoisotopic (exact) mass is 286 g/mol. The summed E-state index contributed by atoms with van der Waals surface area (Å²) in [6, 6.07) is 10.0. The lowest BCUT2D eigenvalue weighted by molar-refractivity contribution is -0.143. The van der Waals surface area contributed by atoms with Crippen molar-refractivity contribution in [3.05, 3.63) is 47.5 Å². The Morgan fingerprint density at radius 2 is 1.90 bits per heavy atom. The number of hydrogen-bond donors (Lipinski definition) is 0. The molecule has 1 unspecified atom stereocenters. The van der Waals surface area contributed by atoms with Crippen molar-refractivity contribution in [1.29, 1.82) is 0 Å². The molecule has 2 heteroatoms. The fourth-order valence-electron chi connectivity index (χ4n) is 3.02. The van der Waals surface area contributed by atoms with Gasteiger partial charge in [0, 0.05) is 0 Å². The summed E-state index contributed by atoms with van der Waals surface area (Å²) >= 11 is 0. The number of carbonyl (C=O) groups excluding carboxylic acids is 1. The van der Waals surface area contributed by atoms with Gasteiger partial charge in [0.15, 0.2) is 0 Å². The minimum absolute atomic E-state index is 0.120. The first kappa shape index (κ1) is 15.8. The van der Waals surface area contributed by atoms with E-state index in [2.05, 4.69) is 13.0 Å². The maximum absolute atomic E-state index is 12.2. The molecule has 1 aromatic carbocycles. The zero-order chi connectivity index (χ0) is 15.1. The van der Waals surface area contributed by atoms with Crippen molar-refractivity contribution >= 4 is 5.97 Å².